The van der Waals surface area contributed by atoms with Gasteiger partial charge >= 0.3 is 0 Å². The van der Waals surface area contributed by atoms with E-state index in [0.29, 0.717) is 17.7 Å². The van der Waals surface area contributed by atoms with Crippen LogP contribution in [0.5, 0.6) is 5.75 Å². The first-order valence-corrected chi connectivity index (χ1v) is 9.95. The van der Waals surface area contributed by atoms with Gasteiger partial charge in [-0.2, -0.15) is 0 Å². The fourth-order valence-electron chi connectivity index (χ4n) is 4.13. The molecule has 0 bridgehead atoms. The molecule has 1 amide bonds. The van der Waals surface area contributed by atoms with Gasteiger partial charge in [0.1, 0.15) is 5.75 Å². The molecule has 1 atom stereocenters. The van der Waals surface area contributed by atoms with Gasteiger partial charge in [-0.15, -0.1) is 0 Å². The number of non-ortho nitro benzene ring substituents is 1. The number of rotatable bonds is 7. The van der Waals surface area contributed by atoms with E-state index in [1.165, 1.54) is 30.0 Å². The lowest BCUT2D eigenvalue weighted by molar-refractivity contribution is -0.384. The summed E-state index contributed by atoms with van der Waals surface area (Å²) in [6, 6.07) is 10.5. The molecular formula is C23H21N3O6. The monoisotopic (exact) mass is 435 g/mol. The minimum absolute atomic E-state index is 0.0592. The number of fused-ring (bicyclic) bond motifs is 1. The first kappa shape index (κ1) is 21.1. The number of nitro benzene ring substituents is 1. The molecule has 2 heterocycles. The summed E-state index contributed by atoms with van der Waals surface area (Å²) in [6.07, 6.45) is 2.27. The van der Waals surface area contributed by atoms with E-state index in [2.05, 4.69) is 4.98 Å². The van der Waals surface area contributed by atoms with Crippen LogP contribution in [0.25, 0.3) is 10.9 Å². The number of aliphatic hydroxyl groups is 1. The number of hydrogen-bond acceptors (Lipinski definition) is 6. The number of aliphatic hydroxyl groups excluding tert-OH is 1. The Morgan fingerprint density at radius 2 is 2.06 bits per heavy atom. The van der Waals surface area contributed by atoms with Crippen LogP contribution >= 0.6 is 0 Å². The minimum Gasteiger partial charge on any atom is -0.503 e. The van der Waals surface area contributed by atoms with Crippen molar-refractivity contribution in [3.8, 4) is 5.75 Å². The van der Waals surface area contributed by atoms with Crippen LogP contribution in [0.15, 0.2) is 60.0 Å². The molecule has 1 aliphatic heterocycles. The number of nitrogens with zero attached hydrogens (tertiary/aromatic N) is 2. The fourth-order valence-corrected chi connectivity index (χ4v) is 4.13. The van der Waals surface area contributed by atoms with Crippen LogP contribution in [0.3, 0.4) is 0 Å². The van der Waals surface area contributed by atoms with Crippen molar-refractivity contribution in [1.29, 1.82) is 0 Å². The van der Waals surface area contributed by atoms with Crippen molar-refractivity contribution in [2.45, 2.75) is 19.4 Å². The summed E-state index contributed by atoms with van der Waals surface area (Å²) < 4.78 is 5.29. The third-order valence-electron chi connectivity index (χ3n) is 5.68. The summed E-state index contributed by atoms with van der Waals surface area (Å²) in [5.41, 5.74) is 2.01. The number of benzene rings is 2. The average Bonchev–Trinajstić information content (AvgIpc) is 3.30. The van der Waals surface area contributed by atoms with E-state index >= 15 is 0 Å². The zero-order chi connectivity index (χ0) is 23.0. The van der Waals surface area contributed by atoms with E-state index in [9.17, 15) is 24.8 Å². The highest BCUT2D eigenvalue weighted by Gasteiger charge is 2.42. The molecule has 9 heteroatoms. The van der Waals surface area contributed by atoms with Gasteiger partial charge in [0, 0.05) is 35.8 Å². The molecule has 4 rings (SSSR count). The Morgan fingerprint density at radius 3 is 2.75 bits per heavy atom. The number of nitro groups is 1. The highest BCUT2D eigenvalue weighted by Crippen LogP contribution is 2.39. The summed E-state index contributed by atoms with van der Waals surface area (Å²) >= 11 is 0. The third kappa shape index (κ3) is 3.58. The number of Topliss-reactive ketones (excluding diaryl/α,β-unsaturated/α-hetero) is 1. The van der Waals surface area contributed by atoms with Crippen LogP contribution in [0.4, 0.5) is 5.69 Å². The maximum atomic E-state index is 12.9. The molecule has 2 aromatic carbocycles. The van der Waals surface area contributed by atoms with E-state index in [1.54, 1.807) is 13.2 Å². The minimum atomic E-state index is -0.903. The van der Waals surface area contributed by atoms with Crippen LogP contribution in [-0.4, -0.2) is 45.3 Å². The van der Waals surface area contributed by atoms with Gasteiger partial charge in [0.2, 0.25) is 0 Å². The number of ether oxygens (including phenoxy) is 1. The molecule has 3 aromatic rings. The Morgan fingerprint density at radius 1 is 1.28 bits per heavy atom. The summed E-state index contributed by atoms with van der Waals surface area (Å²) in [6.45, 7) is 1.45. The number of carbonyl (C=O) groups is 2. The number of H-pyrrole nitrogens is 1. The van der Waals surface area contributed by atoms with Crippen molar-refractivity contribution in [1.82, 2.24) is 9.88 Å². The van der Waals surface area contributed by atoms with Crippen LogP contribution < -0.4 is 4.74 Å². The Labute approximate surface area is 183 Å². The van der Waals surface area contributed by atoms with Gasteiger partial charge in [-0.05, 0) is 42.7 Å². The van der Waals surface area contributed by atoms with Gasteiger partial charge < -0.3 is 19.7 Å². The molecule has 9 nitrogen and oxygen atoms in total. The molecule has 0 saturated heterocycles. The van der Waals surface area contributed by atoms with Gasteiger partial charge in [0.05, 0.1) is 23.6 Å². The first-order chi connectivity index (χ1) is 15.3. The zero-order valence-corrected chi connectivity index (χ0v) is 17.5. The van der Waals surface area contributed by atoms with Gasteiger partial charge in [0.25, 0.3) is 11.6 Å². The van der Waals surface area contributed by atoms with E-state index in [-0.39, 0.29) is 17.8 Å². The molecule has 32 heavy (non-hydrogen) atoms. The lowest BCUT2D eigenvalue weighted by Gasteiger charge is -2.26. The second-order valence-electron chi connectivity index (χ2n) is 7.55. The second-order valence-corrected chi connectivity index (χ2v) is 7.55. The van der Waals surface area contributed by atoms with E-state index in [4.69, 9.17) is 4.74 Å². The highest BCUT2D eigenvalue weighted by molar-refractivity contribution is 6.08. The number of aromatic nitrogens is 1. The molecule has 0 fully saturated rings. The number of ketones is 1. The molecule has 0 aliphatic carbocycles. The number of aromatic amines is 1. The average molecular weight is 435 g/mol. The predicted molar refractivity (Wildman–Crippen MR) is 116 cm³/mol. The highest BCUT2D eigenvalue weighted by atomic mass is 16.6. The Hall–Kier alpha value is -4.14. The summed E-state index contributed by atoms with van der Waals surface area (Å²) in [5.74, 6) is -1.06. The molecule has 0 spiro atoms. The summed E-state index contributed by atoms with van der Waals surface area (Å²) in [7, 11) is 1.58. The second kappa shape index (κ2) is 8.18. The lowest BCUT2D eigenvalue weighted by Crippen LogP contribution is -2.32. The molecule has 2 N–H and O–H groups in total. The molecule has 0 unspecified atom stereocenters. The Kier molecular flexibility index (Phi) is 5.40. The maximum absolute atomic E-state index is 12.9. The van der Waals surface area contributed by atoms with E-state index in [1.807, 2.05) is 24.4 Å². The van der Waals surface area contributed by atoms with Crippen LogP contribution in [0.2, 0.25) is 0 Å². The zero-order valence-electron chi connectivity index (χ0n) is 17.5. The number of amides is 1. The number of nitrogens with one attached hydrogen (secondary N) is 1. The summed E-state index contributed by atoms with van der Waals surface area (Å²) in [4.78, 5) is 40.4. The maximum Gasteiger partial charge on any atom is 0.290 e. The molecule has 1 aromatic heterocycles. The standard InChI is InChI=1S/C23H21N3O6/c1-13(27)20-21(14-4-3-5-16(10-14)26(30)31)25(23(29)22(20)28)9-8-15-12-24-19-7-6-17(32-2)11-18(15)19/h3-7,10-12,21,24,28H,8-9H2,1-2H3/t21-/m0/s1. The Balaban J connectivity index is 1.69. The van der Waals surface area contributed by atoms with E-state index < -0.39 is 28.4 Å². The molecule has 0 radical (unpaired) electrons. The van der Waals surface area contributed by atoms with Crippen molar-refractivity contribution in [2.24, 2.45) is 0 Å². The van der Waals surface area contributed by atoms with Crippen molar-refractivity contribution >= 4 is 28.3 Å². The molecular weight excluding hydrogens is 414 g/mol. The SMILES string of the molecule is COc1ccc2[nH]cc(CCN3C(=O)C(O)=C(C(C)=O)[C@@H]3c3cccc([N+](=O)[O-])c3)c2c1. The summed E-state index contributed by atoms with van der Waals surface area (Å²) in [5, 5.41) is 22.6. The fraction of sp³-hybridized carbons (Fsp3) is 0.217. The first-order valence-electron chi connectivity index (χ1n) is 9.95. The number of hydrogen-bond donors (Lipinski definition) is 2. The van der Waals surface area contributed by atoms with Crippen LogP contribution in [0.1, 0.15) is 24.1 Å². The van der Waals surface area contributed by atoms with Gasteiger partial charge in [-0.3, -0.25) is 19.7 Å². The molecule has 164 valence electrons. The topological polar surface area (TPSA) is 126 Å². The largest absolute Gasteiger partial charge is 0.503 e. The van der Waals surface area contributed by atoms with Crippen molar-refractivity contribution in [3.63, 3.8) is 0 Å². The molecule has 0 saturated carbocycles. The smallest absolute Gasteiger partial charge is 0.290 e. The van der Waals surface area contributed by atoms with Crippen molar-refractivity contribution in [3.05, 3.63) is 81.2 Å². The third-order valence-corrected chi connectivity index (χ3v) is 5.68. The van der Waals surface area contributed by atoms with Crippen molar-refractivity contribution < 1.29 is 24.4 Å². The normalized spacial score (nSPS) is 16.1. The van der Waals surface area contributed by atoms with Gasteiger partial charge in [-0.25, -0.2) is 0 Å². The number of carbonyl (C=O) groups excluding carboxylic acids is 2. The quantitative estimate of drug-likeness (QED) is 0.431. The number of methoxy groups -OCH3 is 1. The van der Waals surface area contributed by atoms with Crippen molar-refractivity contribution in [2.75, 3.05) is 13.7 Å². The molecule has 1 aliphatic rings. The van der Waals surface area contributed by atoms with E-state index in [0.717, 1.165) is 16.5 Å². The lowest BCUT2D eigenvalue weighted by atomic mass is 9.96. The van der Waals surface area contributed by atoms with Gasteiger partial charge in [-0.1, -0.05) is 12.1 Å². The van der Waals surface area contributed by atoms with Gasteiger partial charge in [0.15, 0.2) is 11.5 Å². The van der Waals surface area contributed by atoms with Crippen LogP contribution in [-0.2, 0) is 16.0 Å². The Bertz CT molecular complexity index is 1280. The van der Waals surface area contributed by atoms with Crippen LogP contribution in [0, 0.1) is 10.1 Å². The predicted octanol–water partition coefficient (Wildman–Crippen LogP) is 3.61.